The number of aliphatic hydroxyl groups is 1. The van der Waals surface area contributed by atoms with Gasteiger partial charge in [0.25, 0.3) is 0 Å². The average molecular weight is 291 g/mol. The first-order valence-corrected chi connectivity index (χ1v) is 8.90. The molecule has 0 radical (unpaired) electrons. The number of piperidine rings is 1. The zero-order chi connectivity index (χ0) is 14.1. The van der Waals surface area contributed by atoms with Crippen molar-refractivity contribution >= 4 is 10.0 Å². The molecule has 2 fully saturated rings. The van der Waals surface area contributed by atoms with Gasteiger partial charge in [-0.05, 0) is 38.5 Å². The van der Waals surface area contributed by atoms with Gasteiger partial charge in [-0.3, -0.25) is 0 Å². The molecule has 6 heteroatoms. The number of rotatable bonds is 4. The summed E-state index contributed by atoms with van der Waals surface area (Å²) in [5, 5.41) is 9.73. The minimum absolute atomic E-state index is 0.0612. The lowest BCUT2D eigenvalue weighted by Gasteiger charge is -2.38. The third-order valence-corrected chi connectivity index (χ3v) is 6.06. The summed E-state index contributed by atoms with van der Waals surface area (Å²) in [7, 11) is -3.09. The second-order valence-corrected chi connectivity index (χ2v) is 8.10. The summed E-state index contributed by atoms with van der Waals surface area (Å²) in [6.07, 6.45) is 5.02. The maximum absolute atomic E-state index is 11.6. The fraction of sp³-hybridized carbons (Fsp3) is 1.00. The number of hydrogen-bond acceptors (Lipinski definition) is 4. The van der Waals surface area contributed by atoms with Gasteiger partial charge >= 0.3 is 0 Å². The minimum Gasteiger partial charge on any atom is -0.396 e. The third-order valence-electron chi connectivity index (χ3n) is 4.79. The maximum atomic E-state index is 11.6. The second-order valence-electron chi connectivity index (χ2n) is 6.12. The summed E-state index contributed by atoms with van der Waals surface area (Å²) in [6, 6.07) is 0. The Morgan fingerprint density at radius 2 is 2.21 bits per heavy atom. The van der Waals surface area contributed by atoms with Crippen molar-refractivity contribution in [2.24, 2.45) is 11.3 Å². The van der Waals surface area contributed by atoms with Crippen LogP contribution in [-0.4, -0.2) is 56.5 Å². The predicted molar refractivity (Wildman–Crippen MR) is 73.3 cm³/mol. The molecule has 2 rings (SSSR count). The first-order chi connectivity index (χ1) is 8.87. The Bertz CT molecular complexity index is 411. The van der Waals surface area contributed by atoms with Gasteiger partial charge in [0.15, 0.2) is 0 Å². The molecule has 19 heavy (non-hydrogen) atoms. The number of sulfonamides is 1. The Labute approximate surface area is 116 Å². The third kappa shape index (κ3) is 3.29. The zero-order valence-electron chi connectivity index (χ0n) is 11.8. The normalized spacial score (nSPS) is 37.6. The SMILES string of the molecule is CC1OCCC1(CO)CC1CCCN(S(C)(=O)=O)C1. The fourth-order valence-corrected chi connectivity index (χ4v) is 4.37. The molecule has 5 nitrogen and oxygen atoms in total. The van der Waals surface area contributed by atoms with Crippen molar-refractivity contribution in [1.82, 2.24) is 4.31 Å². The Balaban J connectivity index is 2.02. The molecule has 0 aromatic rings. The smallest absolute Gasteiger partial charge is 0.211 e. The molecule has 0 spiro atoms. The first-order valence-electron chi connectivity index (χ1n) is 7.05. The van der Waals surface area contributed by atoms with Gasteiger partial charge in [-0.15, -0.1) is 0 Å². The second kappa shape index (κ2) is 5.68. The van der Waals surface area contributed by atoms with E-state index in [2.05, 4.69) is 0 Å². The van der Waals surface area contributed by atoms with Gasteiger partial charge in [0, 0.05) is 25.1 Å². The fourth-order valence-electron chi connectivity index (χ4n) is 3.43. The van der Waals surface area contributed by atoms with E-state index in [1.165, 1.54) is 6.26 Å². The zero-order valence-corrected chi connectivity index (χ0v) is 12.7. The summed E-state index contributed by atoms with van der Waals surface area (Å²) in [5.74, 6) is 0.333. The van der Waals surface area contributed by atoms with Crippen molar-refractivity contribution in [3.8, 4) is 0 Å². The molecule has 0 aliphatic carbocycles. The van der Waals surface area contributed by atoms with Crippen LogP contribution in [0.25, 0.3) is 0 Å². The van der Waals surface area contributed by atoms with Crippen molar-refractivity contribution in [1.29, 1.82) is 0 Å². The summed E-state index contributed by atoms with van der Waals surface area (Å²) >= 11 is 0. The molecule has 0 amide bonds. The average Bonchev–Trinajstić information content (AvgIpc) is 2.71. The molecule has 2 aliphatic rings. The molecule has 0 bridgehead atoms. The van der Waals surface area contributed by atoms with Gasteiger partial charge in [-0.1, -0.05) is 0 Å². The lowest BCUT2D eigenvalue weighted by atomic mass is 9.73. The van der Waals surface area contributed by atoms with E-state index in [0.29, 0.717) is 25.6 Å². The molecule has 3 atom stereocenters. The molecule has 2 aliphatic heterocycles. The highest BCUT2D eigenvalue weighted by molar-refractivity contribution is 7.88. The van der Waals surface area contributed by atoms with E-state index in [1.54, 1.807) is 4.31 Å². The highest BCUT2D eigenvalue weighted by Gasteiger charge is 2.43. The summed E-state index contributed by atoms with van der Waals surface area (Å²) in [6.45, 7) is 4.06. The van der Waals surface area contributed by atoms with Crippen molar-refractivity contribution < 1.29 is 18.3 Å². The Hall–Kier alpha value is -0.170. The Morgan fingerprint density at radius 1 is 1.47 bits per heavy atom. The van der Waals surface area contributed by atoms with Crippen LogP contribution in [0.1, 0.15) is 32.6 Å². The van der Waals surface area contributed by atoms with E-state index in [0.717, 1.165) is 25.7 Å². The van der Waals surface area contributed by atoms with Crippen LogP contribution in [-0.2, 0) is 14.8 Å². The quantitative estimate of drug-likeness (QED) is 0.833. The Kier molecular flexibility index (Phi) is 4.55. The van der Waals surface area contributed by atoms with Crippen LogP contribution >= 0.6 is 0 Å². The number of aliphatic hydroxyl groups excluding tert-OH is 1. The molecular formula is C13H25NO4S. The van der Waals surface area contributed by atoms with Crippen molar-refractivity contribution in [3.63, 3.8) is 0 Å². The van der Waals surface area contributed by atoms with Crippen molar-refractivity contribution in [2.45, 2.75) is 38.7 Å². The highest BCUT2D eigenvalue weighted by atomic mass is 32.2. The van der Waals surface area contributed by atoms with E-state index in [-0.39, 0.29) is 18.1 Å². The van der Waals surface area contributed by atoms with Gasteiger partial charge in [0.2, 0.25) is 10.0 Å². The van der Waals surface area contributed by atoms with Crippen LogP contribution < -0.4 is 0 Å². The molecule has 1 N–H and O–H groups in total. The molecule has 0 aromatic heterocycles. The van der Waals surface area contributed by atoms with Crippen LogP contribution in [0.3, 0.4) is 0 Å². The van der Waals surface area contributed by atoms with E-state index in [1.807, 2.05) is 6.92 Å². The van der Waals surface area contributed by atoms with Gasteiger partial charge in [0.1, 0.15) is 0 Å². The van der Waals surface area contributed by atoms with Crippen LogP contribution in [0.2, 0.25) is 0 Å². The van der Waals surface area contributed by atoms with Crippen LogP contribution in [0.15, 0.2) is 0 Å². The van der Waals surface area contributed by atoms with E-state index in [9.17, 15) is 13.5 Å². The first kappa shape index (κ1) is 15.2. The Morgan fingerprint density at radius 3 is 2.74 bits per heavy atom. The number of nitrogens with zero attached hydrogens (tertiary/aromatic N) is 1. The van der Waals surface area contributed by atoms with Crippen molar-refractivity contribution in [2.75, 3.05) is 32.6 Å². The highest BCUT2D eigenvalue weighted by Crippen LogP contribution is 2.42. The van der Waals surface area contributed by atoms with Gasteiger partial charge in [-0.2, -0.15) is 0 Å². The molecule has 2 saturated heterocycles. The lowest BCUT2D eigenvalue weighted by molar-refractivity contribution is 0.00657. The largest absolute Gasteiger partial charge is 0.396 e. The molecule has 3 unspecified atom stereocenters. The summed E-state index contributed by atoms with van der Waals surface area (Å²) in [4.78, 5) is 0. The van der Waals surface area contributed by atoms with Crippen LogP contribution in [0, 0.1) is 11.3 Å². The summed E-state index contributed by atoms with van der Waals surface area (Å²) < 4.78 is 30.4. The predicted octanol–water partition coefficient (Wildman–Crippen LogP) is 0.836. The van der Waals surface area contributed by atoms with E-state index >= 15 is 0 Å². The number of hydrogen-bond donors (Lipinski definition) is 1. The van der Waals surface area contributed by atoms with Gasteiger partial charge in [-0.25, -0.2) is 12.7 Å². The molecule has 0 aromatic carbocycles. The van der Waals surface area contributed by atoms with E-state index < -0.39 is 10.0 Å². The molecule has 112 valence electrons. The van der Waals surface area contributed by atoms with Crippen LogP contribution in [0.5, 0.6) is 0 Å². The standard InChI is InChI=1S/C13H25NO4S/c1-11-13(10-15,5-7-18-11)8-12-4-3-6-14(9-12)19(2,16)17/h11-12,15H,3-10H2,1-2H3. The lowest BCUT2D eigenvalue weighted by Crippen LogP contribution is -2.43. The molecule has 0 saturated carbocycles. The number of ether oxygens (including phenoxy) is 1. The minimum atomic E-state index is -3.09. The van der Waals surface area contributed by atoms with Crippen molar-refractivity contribution in [3.05, 3.63) is 0 Å². The molecule has 2 heterocycles. The molecular weight excluding hydrogens is 266 g/mol. The van der Waals surface area contributed by atoms with Gasteiger partial charge < -0.3 is 9.84 Å². The summed E-state index contributed by atoms with van der Waals surface area (Å²) in [5.41, 5.74) is -0.175. The monoisotopic (exact) mass is 291 g/mol. The topological polar surface area (TPSA) is 66.8 Å². The van der Waals surface area contributed by atoms with Gasteiger partial charge in [0.05, 0.1) is 19.0 Å². The van der Waals surface area contributed by atoms with Crippen LogP contribution in [0.4, 0.5) is 0 Å². The maximum Gasteiger partial charge on any atom is 0.211 e. The van der Waals surface area contributed by atoms with E-state index in [4.69, 9.17) is 4.74 Å².